The highest BCUT2D eigenvalue weighted by atomic mass is 16.5. The van der Waals surface area contributed by atoms with Crippen LogP contribution in [0.5, 0.6) is 0 Å². The van der Waals surface area contributed by atoms with Crippen molar-refractivity contribution in [2.45, 2.75) is 44.4 Å². The van der Waals surface area contributed by atoms with Gasteiger partial charge in [-0.2, -0.15) is 0 Å². The minimum atomic E-state index is -0.283. The van der Waals surface area contributed by atoms with Crippen molar-refractivity contribution in [1.82, 2.24) is 15.1 Å². The van der Waals surface area contributed by atoms with Gasteiger partial charge in [-0.1, -0.05) is 12.1 Å². The molecule has 0 aliphatic carbocycles. The number of piperazine rings is 1. The van der Waals surface area contributed by atoms with E-state index in [9.17, 15) is 14.4 Å². The molecule has 7 nitrogen and oxygen atoms in total. The number of amides is 3. The summed E-state index contributed by atoms with van der Waals surface area (Å²) in [5.74, 6) is -0.0596. The number of hydrogen-bond donors (Lipinski definition) is 1. The van der Waals surface area contributed by atoms with Gasteiger partial charge in [0.1, 0.15) is 12.6 Å². The lowest BCUT2D eigenvalue weighted by atomic mass is 10.1. The van der Waals surface area contributed by atoms with Crippen molar-refractivity contribution in [3.8, 4) is 0 Å². The molecule has 3 saturated heterocycles. The molecular weight excluding hydrogens is 346 g/mol. The predicted molar refractivity (Wildman–Crippen MR) is 97.9 cm³/mol. The van der Waals surface area contributed by atoms with E-state index in [-0.39, 0.29) is 36.4 Å². The Balaban J connectivity index is 1.34. The molecule has 3 aliphatic heterocycles. The highest BCUT2D eigenvalue weighted by Gasteiger charge is 2.41. The van der Waals surface area contributed by atoms with Gasteiger partial charge in [0.2, 0.25) is 11.8 Å². The van der Waals surface area contributed by atoms with E-state index in [1.54, 1.807) is 21.9 Å². The fourth-order valence-electron chi connectivity index (χ4n) is 4.09. The minimum absolute atomic E-state index is 0.0298. The Kier molecular flexibility index (Phi) is 5.11. The molecule has 0 unspecified atom stereocenters. The molecule has 3 fully saturated rings. The normalized spacial score (nSPS) is 25.0. The second-order valence-electron chi connectivity index (χ2n) is 7.48. The fraction of sp³-hybridized carbons (Fsp3) is 0.550. The molecule has 0 saturated carbocycles. The molecule has 2 atom stereocenters. The standard InChI is InChI=1S/C20H25N3O4/c24-18-13-22(20(26)17-4-1-9-23(17)18)12-14-5-7-15(8-6-14)19(25)21-11-16-3-2-10-27-16/h5-8,16-17H,1-4,9-13H2,(H,21,25)/t16-,17-/m0/s1. The average molecular weight is 371 g/mol. The van der Waals surface area contributed by atoms with Crippen LogP contribution in [0.2, 0.25) is 0 Å². The molecule has 3 heterocycles. The Labute approximate surface area is 158 Å². The van der Waals surface area contributed by atoms with E-state index >= 15 is 0 Å². The maximum Gasteiger partial charge on any atom is 0.251 e. The van der Waals surface area contributed by atoms with Gasteiger partial charge in [-0.25, -0.2) is 0 Å². The smallest absolute Gasteiger partial charge is 0.251 e. The Bertz CT molecular complexity index is 727. The summed E-state index contributed by atoms with van der Waals surface area (Å²) in [5, 5.41) is 2.90. The second-order valence-corrected chi connectivity index (χ2v) is 7.48. The van der Waals surface area contributed by atoms with Crippen LogP contribution in [0.3, 0.4) is 0 Å². The van der Waals surface area contributed by atoms with Gasteiger partial charge >= 0.3 is 0 Å². The van der Waals surface area contributed by atoms with Crippen LogP contribution in [0.15, 0.2) is 24.3 Å². The molecule has 0 bridgehead atoms. The fourth-order valence-corrected chi connectivity index (χ4v) is 4.09. The summed E-state index contributed by atoms with van der Waals surface area (Å²) in [6, 6.07) is 6.94. The van der Waals surface area contributed by atoms with Crippen LogP contribution >= 0.6 is 0 Å². The number of rotatable bonds is 5. The Morgan fingerprint density at radius 3 is 2.70 bits per heavy atom. The summed E-state index contributed by atoms with van der Waals surface area (Å²) in [6.45, 7) is 2.53. The topological polar surface area (TPSA) is 79.0 Å². The summed E-state index contributed by atoms with van der Waals surface area (Å²) in [4.78, 5) is 40.4. The van der Waals surface area contributed by atoms with Crippen molar-refractivity contribution in [2.75, 3.05) is 26.2 Å². The zero-order valence-corrected chi connectivity index (χ0v) is 15.4. The molecule has 4 rings (SSSR count). The van der Waals surface area contributed by atoms with Crippen LogP contribution in [-0.2, 0) is 20.9 Å². The SMILES string of the molecule is O=C(NC[C@@H]1CCCO1)c1ccc(CN2CC(=O)N3CCC[C@H]3C2=O)cc1. The van der Waals surface area contributed by atoms with Crippen LogP contribution < -0.4 is 5.32 Å². The number of carbonyl (C=O) groups excluding carboxylic acids is 3. The summed E-state index contributed by atoms with van der Waals surface area (Å²) < 4.78 is 5.51. The van der Waals surface area contributed by atoms with Crippen molar-refractivity contribution in [3.63, 3.8) is 0 Å². The molecule has 1 aromatic rings. The van der Waals surface area contributed by atoms with E-state index in [1.165, 1.54) is 0 Å². The van der Waals surface area contributed by atoms with Gasteiger partial charge in [-0.05, 0) is 43.4 Å². The van der Waals surface area contributed by atoms with Crippen LogP contribution in [-0.4, -0.2) is 65.9 Å². The van der Waals surface area contributed by atoms with Crippen molar-refractivity contribution in [3.05, 3.63) is 35.4 Å². The molecular formula is C20H25N3O4. The minimum Gasteiger partial charge on any atom is -0.376 e. The monoisotopic (exact) mass is 371 g/mol. The van der Waals surface area contributed by atoms with E-state index in [1.807, 2.05) is 12.1 Å². The highest BCUT2D eigenvalue weighted by molar-refractivity contribution is 5.95. The zero-order valence-electron chi connectivity index (χ0n) is 15.4. The lowest BCUT2D eigenvalue weighted by Gasteiger charge is -2.36. The van der Waals surface area contributed by atoms with Crippen LogP contribution in [0.4, 0.5) is 0 Å². The summed E-state index contributed by atoms with van der Waals surface area (Å²) in [5.41, 5.74) is 1.50. The number of carbonyl (C=O) groups is 3. The molecule has 3 amide bonds. The van der Waals surface area contributed by atoms with Crippen molar-refractivity contribution >= 4 is 17.7 Å². The Morgan fingerprint density at radius 1 is 1.15 bits per heavy atom. The first-order chi connectivity index (χ1) is 13.1. The molecule has 1 aromatic carbocycles. The lowest BCUT2D eigenvalue weighted by Crippen LogP contribution is -2.56. The zero-order chi connectivity index (χ0) is 18.8. The van der Waals surface area contributed by atoms with E-state index < -0.39 is 0 Å². The molecule has 0 aromatic heterocycles. The molecule has 144 valence electrons. The maximum atomic E-state index is 12.6. The Morgan fingerprint density at radius 2 is 1.96 bits per heavy atom. The highest BCUT2D eigenvalue weighted by Crippen LogP contribution is 2.24. The lowest BCUT2D eigenvalue weighted by molar-refractivity contribution is -0.154. The number of nitrogens with zero attached hydrogens (tertiary/aromatic N) is 2. The third-order valence-corrected chi connectivity index (χ3v) is 5.60. The average Bonchev–Trinajstić information content (AvgIpc) is 3.36. The molecule has 27 heavy (non-hydrogen) atoms. The largest absolute Gasteiger partial charge is 0.376 e. The second kappa shape index (κ2) is 7.68. The van der Waals surface area contributed by atoms with Gasteiger partial charge in [0.15, 0.2) is 0 Å². The van der Waals surface area contributed by atoms with Crippen molar-refractivity contribution in [2.24, 2.45) is 0 Å². The van der Waals surface area contributed by atoms with Gasteiger partial charge in [-0.3, -0.25) is 14.4 Å². The molecule has 7 heteroatoms. The Hall–Kier alpha value is -2.41. The van der Waals surface area contributed by atoms with Gasteiger partial charge < -0.3 is 19.9 Å². The summed E-state index contributed by atoms with van der Waals surface area (Å²) in [7, 11) is 0. The quantitative estimate of drug-likeness (QED) is 0.835. The van der Waals surface area contributed by atoms with Gasteiger partial charge in [0.25, 0.3) is 5.91 Å². The van der Waals surface area contributed by atoms with Crippen LogP contribution in [0, 0.1) is 0 Å². The van der Waals surface area contributed by atoms with Crippen LogP contribution in [0.25, 0.3) is 0 Å². The number of ether oxygens (including phenoxy) is 1. The third kappa shape index (κ3) is 3.83. The summed E-state index contributed by atoms with van der Waals surface area (Å²) >= 11 is 0. The van der Waals surface area contributed by atoms with Crippen LogP contribution in [0.1, 0.15) is 41.6 Å². The van der Waals surface area contributed by atoms with Crippen molar-refractivity contribution in [1.29, 1.82) is 0 Å². The summed E-state index contributed by atoms with van der Waals surface area (Å²) in [6.07, 6.45) is 3.80. The molecule has 1 N–H and O–H groups in total. The first-order valence-corrected chi connectivity index (χ1v) is 9.69. The molecule has 3 aliphatic rings. The number of benzene rings is 1. The first-order valence-electron chi connectivity index (χ1n) is 9.69. The van der Waals surface area contributed by atoms with E-state index in [0.29, 0.717) is 25.2 Å². The predicted octanol–water partition coefficient (Wildman–Crippen LogP) is 0.929. The van der Waals surface area contributed by atoms with E-state index in [2.05, 4.69) is 5.32 Å². The number of fused-ring (bicyclic) bond motifs is 1. The number of hydrogen-bond acceptors (Lipinski definition) is 4. The van der Waals surface area contributed by atoms with Gasteiger partial charge in [-0.15, -0.1) is 0 Å². The van der Waals surface area contributed by atoms with Gasteiger partial charge in [0.05, 0.1) is 6.10 Å². The first kappa shape index (κ1) is 18.0. The third-order valence-electron chi connectivity index (χ3n) is 5.60. The molecule has 0 radical (unpaired) electrons. The van der Waals surface area contributed by atoms with E-state index in [0.717, 1.165) is 37.9 Å². The maximum absolute atomic E-state index is 12.6. The van der Waals surface area contributed by atoms with E-state index in [4.69, 9.17) is 4.74 Å². The van der Waals surface area contributed by atoms with Crippen molar-refractivity contribution < 1.29 is 19.1 Å². The number of nitrogens with one attached hydrogen (secondary N) is 1. The molecule has 0 spiro atoms. The van der Waals surface area contributed by atoms with Gasteiger partial charge in [0, 0.05) is 31.8 Å².